The predicted molar refractivity (Wildman–Crippen MR) is 93.1 cm³/mol. The molecule has 0 amide bonds. The van der Waals surface area contributed by atoms with Crippen molar-refractivity contribution in [2.75, 3.05) is 12.3 Å². The molecule has 0 saturated carbocycles. The maximum absolute atomic E-state index is 12.2. The summed E-state index contributed by atoms with van der Waals surface area (Å²) in [6.07, 6.45) is 2.43. The van der Waals surface area contributed by atoms with Gasteiger partial charge < -0.3 is 0 Å². The number of thioether (sulfide) groups is 1. The highest BCUT2D eigenvalue weighted by molar-refractivity contribution is 8.14. The fourth-order valence-electron chi connectivity index (χ4n) is 2.94. The zero-order valence-electron chi connectivity index (χ0n) is 12.7. The molecule has 0 N–H and O–H groups in total. The maximum Gasteiger partial charge on any atom is 0.219 e. The highest BCUT2D eigenvalue weighted by Crippen LogP contribution is 2.24. The molecule has 2 aromatic rings. The molecule has 1 fully saturated rings. The summed E-state index contributed by atoms with van der Waals surface area (Å²) in [6.45, 7) is 2.13. The van der Waals surface area contributed by atoms with Crippen LogP contribution >= 0.6 is 11.8 Å². The molecule has 114 valence electrons. The smallest absolute Gasteiger partial charge is 0.219 e. The Morgan fingerprint density at radius 3 is 2.45 bits per heavy atom. The first-order chi connectivity index (χ1) is 10.8. The van der Waals surface area contributed by atoms with Crippen molar-refractivity contribution in [3.05, 3.63) is 71.8 Å². The van der Waals surface area contributed by atoms with Gasteiger partial charge in [-0.2, -0.15) is 0 Å². The summed E-state index contributed by atoms with van der Waals surface area (Å²) in [5, 5.41) is 0.187. The lowest BCUT2D eigenvalue weighted by atomic mass is 10.2. The number of hydrogen-bond acceptors (Lipinski definition) is 3. The van der Waals surface area contributed by atoms with Crippen LogP contribution in [0.1, 0.15) is 28.8 Å². The molecule has 1 atom stereocenters. The van der Waals surface area contributed by atoms with E-state index in [1.54, 1.807) is 0 Å². The van der Waals surface area contributed by atoms with E-state index in [4.69, 9.17) is 0 Å². The third kappa shape index (κ3) is 3.99. The Balaban J connectivity index is 1.54. The van der Waals surface area contributed by atoms with Crippen molar-refractivity contribution in [1.29, 1.82) is 0 Å². The summed E-state index contributed by atoms with van der Waals surface area (Å²) in [7, 11) is 0. The number of nitrogens with zero attached hydrogens (tertiary/aromatic N) is 1. The minimum Gasteiger partial charge on any atom is -0.295 e. The standard InChI is InChI=1S/C19H21NOS/c21-19(17-10-5-2-6-11-17)22-15-18-12-7-13-20(18)14-16-8-3-1-4-9-16/h1-6,8-11,18H,7,12-15H2. The zero-order chi connectivity index (χ0) is 15.2. The predicted octanol–water partition coefficient (Wildman–Crippen LogP) is 4.22. The Morgan fingerprint density at radius 2 is 1.73 bits per heavy atom. The fraction of sp³-hybridized carbons (Fsp3) is 0.316. The summed E-state index contributed by atoms with van der Waals surface area (Å²) < 4.78 is 0. The van der Waals surface area contributed by atoms with E-state index in [-0.39, 0.29) is 5.12 Å². The second-order valence-electron chi connectivity index (χ2n) is 5.72. The van der Waals surface area contributed by atoms with E-state index in [1.165, 1.54) is 30.2 Å². The van der Waals surface area contributed by atoms with Crippen LogP contribution in [0, 0.1) is 0 Å². The molecule has 2 nitrogen and oxygen atoms in total. The number of rotatable bonds is 5. The van der Waals surface area contributed by atoms with E-state index in [0.717, 1.165) is 24.4 Å². The molecule has 0 radical (unpaired) electrons. The number of carbonyl (C=O) groups is 1. The van der Waals surface area contributed by atoms with Crippen molar-refractivity contribution in [3.8, 4) is 0 Å². The Kier molecular flexibility index (Phi) is 5.30. The van der Waals surface area contributed by atoms with Crippen molar-refractivity contribution in [2.24, 2.45) is 0 Å². The van der Waals surface area contributed by atoms with Crippen LogP contribution < -0.4 is 0 Å². The van der Waals surface area contributed by atoms with E-state index >= 15 is 0 Å². The van der Waals surface area contributed by atoms with Crippen LogP contribution in [0.4, 0.5) is 0 Å². The molecule has 1 heterocycles. The van der Waals surface area contributed by atoms with Crippen LogP contribution in [0.3, 0.4) is 0 Å². The highest BCUT2D eigenvalue weighted by atomic mass is 32.2. The van der Waals surface area contributed by atoms with Crippen LogP contribution in [0.2, 0.25) is 0 Å². The SMILES string of the molecule is O=C(SCC1CCCN1Cc1ccccc1)c1ccccc1. The van der Waals surface area contributed by atoms with Gasteiger partial charge in [0, 0.05) is 23.9 Å². The van der Waals surface area contributed by atoms with E-state index in [0.29, 0.717) is 6.04 Å². The second kappa shape index (κ2) is 7.61. The van der Waals surface area contributed by atoms with Crippen molar-refractivity contribution in [1.82, 2.24) is 4.90 Å². The molecule has 1 unspecified atom stereocenters. The second-order valence-corrected chi connectivity index (χ2v) is 6.71. The molecule has 0 spiro atoms. The van der Waals surface area contributed by atoms with E-state index in [1.807, 2.05) is 30.3 Å². The molecule has 22 heavy (non-hydrogen) atoms. The summed E-state index contributed by atoms with van der Waals surface area (Å²) >= 11 is 1.46. The molecule has 0 aromatic heterocycles. The summed E-state index contributed by atoms with van der Waals surface area (Å²) in [4.78, 5) is 14.7. The highest BCUT2D eigenvalue weighted by Gasteiger charge is 2.25. The van der Waals surface area contributed by atoms with E-state index in [2.05, 4.69) is 35.2 Å². The van der Waals surface area contributed by atoms with Gasteiger partial charge >= 0.3 is 0 Å². The maximum atomic E-state index is 12.2. The largest absolute Gasteiger partial charge is 0.295 e. The average Bonchev–Trinajstić information content (AvgIpc) is 3.01. The van der Waals surface area contributed by atoms with Crippen molar-refractivity contribution < 1.29 is 4.79 Å². The van der Waals surface area contributed by atoms with Gasteiger partial charge in [-0.3, -0.25) is 9.69 Å². The van der Waals surface area contributed by atoms with Gasteiger partial charge in [0.2, 0.25) is 5.12 Å². The zero-order valence-corrected chi connectivity index (χ0v) is 13.5. The van der Waals surface area contributed by atoms with Gasteiger partial charge in [-0.05, 0) is 24.9 Å². The first-order valence-corrected chi connectivity index (χ1v) is 8.81. The van der Waals surface area contributed by atoms with Gasteiger partial charge in [0.15, 0.2) is 0 Å². The van der Waals surface area contributed by atoms with E-state index < -0.39 is 0 Å². The van der Waals surface area contributed by atoms with Crippen molar-refractivity contribution >= 4 is 16.9 Å². The van der Waals surface area contributed by atoms with Crippen molar-refractivity contribution in [2.45, 2.75) is 25.4 Å². The molecule has 1 aliphatic rings. The van der Waals surface area contributed by atoms with Gasteiger partial charge in [0.05, 0.1) is 0 Å². The Bertz CT molecular complexity index is 599. The minimum absolute atomic E-state index is 0.187. The molecular weight excluding hydrogens is 290 g/mol. The van der Waals surface area contributed by atoms with Gasteiger partial charge in [-0.1, -0.05) is 72.4 Å². The first-order valence-electron chi connectivity index (χ1n) is 7.83. The van der Waals surface area contributed by atoms with Crippen LogP contribution in [0.25, 0.3) is 0 Å². The fourth-order valence-corrected chi connectivity index (χ4v) is 3.96. The Hall–Kier alpha value is -1.58. The van der Waals surface area contributed by atoms with Gasteiger partial charge in [0.1, 0.15) is 0 Å². The molecule has 0 aliphatic carbocycles. The number of hydrogen-bond donors (Lipinski definition) is 0. The average molecular weight is 311 g/mol. The molecule has 3 rings (SSSR count). The third-order valence-corrected chi connectivity index (χ3v) is 5.19. The van der Waals surface area contributed by atoms with Crippen LogP contribution in [0.5, 0.6) is 0 Å². The normalized spacial score (nSPS) is 18.5. The Labute approximate surface area is 136 Å². The number of benzene rings is 2. The number of carbonyl (C=O) groups excluding carboxylic acids is 1. The first kappa shape index (κ1) is 15.3. The lowest BCUT2D eigenvalue weighted by molar-refractivity contribution is 0.108. The van der Waals surface area contributed by atoms with Gasteiger partial charge in [-0.15, -0.1) is 0 Å². The topological polar surface area (TPSA) is 20.3 Å². The minimum atomic E-state index is 0.187. The lowest BCUT2D eigenvalue weighted by Gasteiger charge is -2.24. The molecule has 3 heteroatoms. The quantitative estimate of drug-likeness (QED) is 0.824. The molecule has 1 aliphatic heterocycles. The molecule has 0 bridgehead atoms. The monoisotopic (exact) mass is 311 g/mol. The van der Waals surface area contributed by atoms with Crippen LogP contribution in [0.15, 0.2) is 60.7 Å². The van der Waals surface area contributed by atoms with E-state index in [9.17, 15) is 4.79 Å². The summed E-state index contributed by atoms with van der Waals surface area (Å²) in [5.74, 6) is 0.889. The van der Waals surface area contributed by atoms with Crippen LogP contribution in [-0.2, 0) is 6.54 Å². The van der Waals surface area contributed by atoms with Crippen LogP contribution in [-0.4, -0.2) is 28.4 Å². The molecule has 1 saturated heterocycles. The number of likely N-dealkylation sites (tertiary alicyclic amines) is 1. The molecule has 2 aromatic carbocycles. The van der Waals surface area contributed by atoms with Crippen molar-refractivity contribution in [3.63, 3.8) is 0 Å². The summed E-state index contributed by atoms with van der Waals surface area (Å²) in [6, 6.07) is 20.7. The lowest BCUT2D eigenvalue weighted by Crippen LogP contribution is -2.31. The third-order valence-electron chi connectivity index (χ3n) is 4.14. The van der Waals surface area contributed by atoms with Gasteiger partial charge in [-0.25, -0.2) is 0 Å². The molecular formula is C19H21NOS. The Morgan fingerprint density at radius 1 is 1.05 bits per heavy atom. The summed E-state index contributed by atoms with van der Waals surface area (Å²) in [5.41, 5.74) is 2.16. The van der Waals surface area contributed by atoms with Gasteiger partial charge in [0.25, 0.3) is 0 Å².